The lowest BCUT2D eigenvalue weighted by molar-refractivity contribution is 0.360. The third-order valence-corrected chi connectivity index (χ3v) is 2.77. The third kappa shape index (κ3) is 2.95. The summed E-state index contributed by atoms with van der Waals surface area (Å²) in [5, 5.41) is 0. The van der Waals surface area contributed by atoms with Crippen LogP contribution in [0, 0.1) is 12.4 Å². The first-order valence-corrected chi connectivity index (χ1v) is 5.67. The van der Waals surface area contributed by atoms with Crippen molar-refractivity contribution in [2.75, 3.05) is 6.61 Å². The highest BCUT2D eigenvalue weighted by Crippen LogP contribution is 2.39. The van der Waals surface area contributed by atoms with E-state index in [1.807, 2.05) is 0 Å². The summed E-state index contributed by atoms with van der Waals surface area (Å²) in [5.41, 5.74) is 0.612. The summed E-state index contributed by atoms with van der Waals surface area (Å²) >= 11 is 3.26. The van der Waals surface area contributed by atoms with Crippen molar-refractivity contribution in [1.82, 2.24) is 0 Å². The molecule has 88 valence electrons. The summed E-state index contributed by atoms with van der Waals surface area (Å²) in [4.78, 5) is 3.17. The lowest BCUT2D eigenvalue weighted by Gasteiger charge is -2.13. The second-order valence-corrected chi connectivity index (χ2v) is 4.06. The van der Waals surface area contributed by atoms with Crippen molar-refractivity contribution in [2.24, 2.45) is 0 Å². The van der Waals surface area contributed by atoms with E-state index in [1.54, 1.807) is 12.2 Å². The van der Waals surface area contributed by atoms with Crippen LogP contribution in [0.4, 0.5) is 10.1 Å². The Morgan fingerprint density at radius 1 is 1.47 bits per heavy atom. The van der Waals surface area contributed by atoms with Crippen molar-refractivity contribution in [2.45, 2.75) is 6.42 Å². The Labute approximate surface area is 108 Å². The molecule has 0 unspecified atom stereocenters. The number of ether oxygens (including phenoxy) is 1. The van der Waals surface area contributed by atoms with E-state index < -0.39 is 5.82 Å². The number of hydrogen-bond acceptors (Lipinski definition) is 1. The van der Waals surface area contributed by atoms with Crippen LogP contribution >= 0.6 is 15.9 Å². The lowest BCUT2D eigenvalue weighted by atomic mass is 10.1. The van der Waals surface area contributed by atoms with Gasteiger partial charge in [0.2, 0.25) is 0 Å². The van der Waals surface area contributed by atoms with Crippen molar-refractivity contribution in [3.63, 3.8) is 0 Å². The van der Waals surface area contributed by atoms with Gasteiger partial charge >= 0.3 is 0 Å². The molecule has 2 nitrogen and oxygen atoms in total. The molecule has 1 rings (SSSR count). The van der Waals surface area contributed by atoms with E-state index in [1.165, 1.54) is 6.07 Å². The maximum Gasteiger partial charge on any atom is 0.263 e. The van der Waals surface area contributed by atoms with Gasteiger partial charge in [-0.25, -0.2) is 9.24 Å². The zero-order valence-corrected chi connectivity index (χ0v) is 10.8. The van der Waals surface area contributed by atoms with Crippen LogP contribution in [0.15, 0.2) is 35.8 Å². The molecule has 1 aromatic rings. The molecule has 0 N–H and O–H groups in total. The molecule has 0 atom stereocenters. The van der Waals surface area contributed by atoms with Crippen LogP contribution in [0.2, 0.25) is 0 Å². The van der Waals surface area contributed by atoms with Crippen molar-refractivity contribution in [1.29, 1.82) is 0 Å². The average Bonchev–Trinajstić information content (AvgIpc) is 2.30. The minimum Gasteiger partial charge on any atom is -0.500 e. The van der Waals surface area contributed by atoms with Gasteiger partial charge in [-0.15, -0.1) is 6.58 Å². The molecule has 0 aliphatic rings. The van der Waals surface area contributed by atoms with Gasteiger partial charge in [0.25, 0.3) is 5.69 Å². The van der Waals surface area contributed by atoms with Crippen LogP contribution < -0.4 is 4.74 Å². The van der Waals surface area contributed by atoms with Gasteiger partial charge in [0, 0.05) is 10.0 Å². The van der Waals surface area contributed by atoms with E-state index in [2.05, 4.69) is 33.9 Å². The van der Waals surface area contributed by atoms with E-state index in [-0.39, 0.29) is 18.0 Å². The first-order valence-electron chi connectivity index (χ1n) is 4.88. The molecular weight excluding hydrogens is 285 g/mol. The summed E-state index contributed by atoms with van der Waals surface area (Å²) in [6, 6.07) is 1.27. The number of benzene rings is 1. The standard InChI is InChI=1S/C13H11BrFNO/c1-4-6-9-10(14)8-11(15)12(16-3)13(9)17-7-5-2/h4-5,8H,1-2,6-7H2. The predicted octanol–water partition coefficient (Wildman–Crippen LogP) is 4.43. The summed E-state index contributed by atoms with van der Waals surface area (Å²) in [5.74, 6) is -0.342. The Morgan fingerprint density at radius 2 is 2.18 bits per heavy atom. The SMILES string of the molecule is [C-]#[N+]c1c(F)cc(Br)c(CC=C)c1OCC=C. The van der Waals surface area contributed by atoms with Gasteiger partial charge in [-0.3, -0.25) is 0 Å². The second kappa shape index (κ2) is 6.21. The number of halogens is 2. The monoisotopic (exact) mass is 295 g/mol. The molecular formula is C13H11BrFNO. The first kappa shape index (κ1) is 13.5. The molecule has 0 fully saturated rings. The Kier molecular flexibility index (Phi) is 4.92. The number of allylic oxidation sites excluding steroid dienone is 1. The second-order valence-electron chi connectivity index (χ2n) is 3.20. The van der Waals surface area contributed by atoms with Crippen LogP contribution in [0.1, 0.15) is 5.56 Å². The minimum atomic E-state index is -0.598. The van der Waals surface area contributed by atoms with Crippen LogP contribution in [0.3, 0.4) is 0 Å². The van der Waals surface area contributed by atoms with Crippen LogP contribution in [-0.2, 0) is 6.42 Å². The number of hydrogen-bond donors (Lipinski definition) is 0. The molecule has 17 heavy (non-hydrogen) atoms. The fourth-order valence-corrected chi connectivity index (χ4v) is 1.91. The number of rotatable bonds is 5. The summed E-state index contributed by atoms with van der Waals surface area (Å²) in [6.45, 7) is 14.4. The fourth-order valence-electron chi connectivity index (χ4n) is 1.36. The van der Waals surface area contributed by atoms with Crippen LogP contribution in [0.25, 0.3) is 4.85 Å². The molecule has 4 heteroatoms. The molecule has 0 radical (unpaired) electrons. The van der Waals surface area contributed by atoms with Crippen molar-refractivity contribution in [3.05, 3.63) is 58.6 Å². The molecule has 0 bridgehead atoms. The van der Waals surface area contributed by atoms with Gasteiger partial charge in [-0.05, 0) is 12.5 Å². The summed E-state index contributed by atoms with van der Waals surface area (Å²) in [6.07, 6.45) is 3.71. The first-order chi connectivity index (χ1) is 8.15. The molecule has 0 aliphatic heterocycles. The van der Waals surface area contributed by atoms with Crippen molar-refractivity contribution >= 4 is 21.6 Å². The maximum absolute atomic E-state index is 13.6. The van der Waals surface area contributed by atoms with E-state index >= 15 is 0 Å². The highest BCUT2D eigenvalue weighted by atomic mass is 79.9. The van der Waals surface area contributed by atoms with E-state index in [0.717, 1.165) is 0 Å². The highest BCUT2D eigenvalue weighted by Gasteiger charge is 2.17. The lowest BCUT2D eigenvalue weighted by Crippen LogP contribution is -1.99. The summed E-state index contributed by atoms with van der Waals surface area (Å²) < 4.78 is 19.5. The van der Waals surface area contributed by atoms with E-state index in [0.29, 0.717) is 16.5 Å². The minimum absolute atomic E-state index is 0.105. The highest BCUT2D eigenvalue weighted by molar-refractivity contribution is 9.10. The van der Waals surface area contributed by atoms with Gasteiger partial charge in [0.1, 0.15) is 18.2 Å². The maximum atomic E-state index is 13.6. The van der Waals surface area contributed by atoms with E-state index in [4.69, 9.17) is 11.3 Å². The quantitative estimate of drug-likeness (QED) is 0.579. The molecule has 0 aromatic heterocycles. The summed E-state index contributed by atoms with van der Waals surface area (Å²) in [7, 11) is 0. The van der Waals surface area contributed by atoms with Crippen LogP contribution in [-0.4, -0.2) is 6.61 Å². The molecule has 0 spiro atoms. The zero-order chi connectivity index (χ0) is 12.8. The Hall–Kier alpha value is -1.60. The van der Waals surface area contributed by atoms with Gasteiger partial charge in [0.15, 0.2) is 0 Å². The topological polar surface area (TPSA) is 13.6 Å². The Bertz CT molecular complexity index is 491. The predicted molar refractivity (Wildman–Crippen MR) is 70.0 cm³/mol. The normalized spacial score (nSPS) is 9.47. The zero-order valence-electron chi connectivity index (χ0n) is 9.17. The largest absolute Gasteiger partial charge is 0.500 e. The van der Waals surface area contributed by atoms with Gasteiger partial charge in [-0.1, -0.05) is 34.7 Å². The molecule has 0 saturated heterocycles. The van der Waals surface area contributed by atoms with Gasteiger partial charge < -0.3 is 4.74 Å². The van der Waals surface area contributed by atoms with Gasteiger partial charge in [-0.2, -0.15) is 0 Å². The third-order valence-electron chi connectivity index (χ3n) is 2.06. The molecule has 1 aromatic carbocycles. The van der Waals surface area contributed by atoms with Crippen molar-refractivity contribution < 1.29 is 9.13 Å². The Balaban J connectivity index is 3.40. The van der Waals surface area contributed by atoms with Gasteiger partial charge in [0.05, 0.1) is 6.57 Å². The van der Waals surface area contributed by atoms with Crippen LogP contribution in [0.5, 0.6) is 5.75 Å². The molecule has 0 aliphatic carbocycles. The average molecular weight is 296 g/mol. The van der Waals surface area contributed by atoms with Crippen molar-refractivity contribution in [3.8, 4) is 5.75 Å². The molecule has 0 saturated carbocycles. The molecule has 0 amide bonds. The van der Waals surface area contributed by atoms with E-state index in [9.17, 15) is 4.39 Å². The fraction of sp³-hybridized carbons (Fsp3) is 0.154. The number of nitrogens with zero attached hydrogens (tertiary/aromatic N) is 1. The molecule has 0 heterocycles. The smallest absolute Gasteiger partial charge is 0.263 e. The Morgan fingerprint density at radius 3 is 2.71 bits per heavy atom.